The van der Waals surface area contributed by atoms with Crippen molar-refractivity contribution in [3.05, 3.63) is 54.1 Å². The second-order valence-corrected chi connectivity index (χ2v) is 6.35. The quantitative estimate of drug-likeness (QED) is 0.764. The number of fused-ring (bicyclic) bond motifs is 2. The number of ether oxygens (including phenoxy) is 1. The third-order valence-corrected chi connectivity index (χ3v) is 4.63. The number of aromatic nitrogens is 3. The van der Waals surface area contributed by atoms with Crippen LogP contribution < -0.4 is 15.0 Å². The maximum Gasteiger partial charge on any atom is 0.264 e. The lowest BCUT2D eigenvalue weighted by Crippen LogP contribution is -2.36. The summed E-state index contributed by atoms with van der Waals surface area (Å²) in [6.07, 6.45) is 6.09. The van der Waals surface area contributed by atoms with E-state index in [9.17, 15) is 9.59 Å². The van der Waals surface area contributed by atoms with Crippen LogP contribution in [-0.2, 0) is 4.79 Å². The summed E-state index contributed by atoms with van der Waals surface area (Å²) in [6.45, 7) is 1.99. The number of carbonyl (C=O) groups excluding carboxylic acids is 2. The molecule has 8 nitrogen and oxygen atoms in total. The molecule has 0 aliphatic carbocycles. The van der Waals surface area contributed by atoms with Crippen LogP contribution in [-0.4, -0.2) is 39.8 Å². The molecule has 1 atom stereocenters. The maximum atomic E-state index is 12.8. The van der Waals surface area contributed by atoms with Crippen LogP contribution in [0.3, 0.4) is 0 Å². The maximum absolute atomic E-state index is 12.8. The van der Waals surface area contributed by atoms with E-state index in [1.807, 2.05) is 29.8 Å². The first-order valence-electron chi connectivity index (χ1n) is 8.70. The number of anilines is 1. The number of nitrogens with one attached hydrogen (secondary N) is 1. The van der Waals surface area contributed by atoms with Gasteiger partial charge in [0.15, 0.2) is 6.61 Å². The van der Waals surface area contributed by atoms with Crippen molar-refractivity contribution >= 4 is 23.3 Å². The number of carbonyl (C=O) groups is 2. The zero-order valence-corrected chi connectivity index (χ0v) is 15.0. The van der Waals surface area contributed by atoms with Crippen molar-refractivity contribution in [2.24, 2.45) is 0 Å². The Labute approximate surface area is 155 Å². The first kappa shape index (κ1) is 17.0. The molecule has 3 heterocycles. The molecule has 27 heavy (non-hydrogen) atoms. The summed E-state index contributed by atoms with van der Waals surface area (Å²) in [4.78, 5) is 34.8. The van der Waals surface area contributed by atoms with E-state index in [2.05, 4.69) is 15.3 Å². The van der Waals surface area contributed by atoms with Crippen LogP contribution >= 0.6 is 0 Å². The highest BCUT2D eigenvalue weighted by molar-refractivity contribution is 6.01. The van der Waals surface area contributed by atoms with E-state index in [0.717, 1.165) is 5.69 Å². The van der Waals surface area contributed by atoms with Crippen LogP contribution in [0.25, 0.3) is 5.78 Å². The molecular weight excluding hydrogens is 346 g/mol. The average molecular weight is 365 g/mol. The van der Waals surface area contributed by atoms with Crippen molar-refractivity contribution in [1.29, 1.82) is 0 Å². The molecule has 2 amide bonds. The number of amides is 2. The first-order chi connectivity index (χ1) is 13.1. The van der Waals surface area contributed by atoms with E-state index < -0.39 is 0 Å². The van der Waals surface area contributed by atoms with E-state index in [1.54, 1.807) is 31.4 Å². The molecule has 3 aromatic rings. The third-order valence-electron chi connectivity index (χ3n) is 4.63. The summed E-state index contributed by atoms with van der Waals surface area (Å²) < 4.78 is 7.22. The monoisotopic (exact) mass is 365 g/mol. The highest BCUT2D eigenvalue weighted by atomic mass is 16.5. The lowest BCUT2D eigenvalue weighted by molar-refractivity contribution is -0.120. The first-order valence-corrected chi connectivity index (χ1v) is 8.70. The molecule has 1 aliphatic heterocycles. The fourth-order valence-electron chi connectivity index (χ4n) is 3.06. The molecule has 0 bridgehead atoms. The molecule has 4 rings (SSSR count). The molecule has 0 saturated heterocycles. The molecule has 0 unspecified atom stereocenters. The topological polar surface area (TPSA) is 88.8 Å². The Kier molecular flexibility index (Phi) is 4.23. The second-order valence-electron chi connectivity index (χ2n) is 6.35. The van der Waals surface area contributed by atoms with E-state index in [0.29, 0.717) is 29.2 Å². The van der Waals surface area contributed by atoms with Crippen molar-refractivity contribution in [3.8, 4) is 5.75 Å². The molecule has 0 saturated carbocycles. The average Bonchev–Trinajstić information content (AvgIpc) is 3.12. The molecule has 8 heteroatoms. The predicted octanol–water partition coefficient (Wildman–Crippen LogP) is 1.97. The zero-order chi connectivity index (χ0) is 19.0. The van der Waals surface area contributed by atoms with Gasteiger partial charge in [-0.1, -0.05) is 6.92 Å². The lowest BCUT2D eigenvalue weighted by atomic mass is 10.1. The summed E-state index contributed by atoms with van der Waals surface area (Å²) in [5.74, 6) is 0.795. The van der Waals surface area contributed by atoms with Crippen LogP contribution in [0.4, 0.5) is 5.69 Å². The fraction of sp³-hybridized carbons (Fsp3) is 0.263. The Morgan fingerprint density at radius 3 is 3.04 bits per heavy atom. The van der Waals surface area contributed by atoms with Crippen LogP contribution in [0.15, 0.2) is 42.9 Å². The van der Waals surface area contributed by atoms with Crippen molar-refractivity contribution in [2.45, 2.75) is 19.4 Å². The van der Waals surface area contributed by atoms with E-state index in [1.165, 1.54) is 4.90 Å². The van der Waals surface area contributed by atoms with Gasteiger partial charge < -0.3 is 15.0 Å². The SMILES string of the molecule is CC[C@H](NC(=O)c1ccc2c(c1)N(C)C(=O)CO2)c1cn2cccnc2n1. The zero-order valence-electron chi connectivity index (χ0n) is 15.0. The third kappa shape index (κ3) is 3.10. The van der Waals surface area contributed by atoms with Gasteiger partial charge >= 0.3 is 0 Å². The van der Waals surface area contributed by atoms with Crippen LogP contribution in [0.1, 0.15) is 35.4 Å². The minimum Gasteiger partial charge on any atom is -0.482 e. The van der Waals surface area contributed by atoms with E-state index in [4.69, 9.17) is 4.74 Å². The van der Waals surface area contributed by atoms with Gasteiger partial charge in [0.05, 0.1) is 17.4 Å². The van der Waals surface area contributed by atoms with Gasteiger partial charge in [-0.2, -0.15) is 0 Å². The number of imidazole rings is 1. The summed E-state index contributed by atoms with van der Waals surface area (Å²) in [6, 6.07) is 6.65. The normalized spacial score (nSPS) is 14.6. The Balaban J connectivity index is 1.58. The van der Waals surface area contributed by atoms with Crippen molar-refractivity contribution in [3.63, 3.8) is 0 Å². The number of likely N-dealkylation sites (N-methyl/N-ethyl adjacent to an activating group) is 1. The van der Waals surface area contributed by atoms with Crippen molar-refractivity contribution < 1.29 is 14.3 Å². The highest BCUT2D eigenvalue weighted by Gasteiger charge is 2.24. The minimum atomic E-state index is -0.245. The Morgan fingerprint density at radius 1 is 1.41 bits per heavy atom. The molecular formula is C19H19N5O3. The van der Waals surface area contributed by atoms with Crippen LogP contribution in [0.5, 0.6) is 5.75 Å². The van der Waals surface area contributed by atoms with E-state index >= 15 is 0 Å². The number of rotatable bonds is 4. The number of nitrogens with zero attached hydrogens (tertiary/aromatic N) is 4. The number of hydrogen-bond donors (Lipinski definition) is 1. The van der Waals surface area contributed by atoms with Gasteiger partial charge in [-0.25, -0.2) is 9.97 Å². The fourth-order valence-corrected chi connectivity index (χ4v) is 3.06. The van der Waals surface area contributed by atoms with Gasteiger partial charge in [0, 0.05) is 31.2 Å². The standard InChI is InChI=1S/C19H19N5O3/c1-3-13(14-10-24-8-4-7-20-19(24)22-14)21-18(26)12-5-6-16-15(9-12)23(2)17(25)11-27-16/h4-10,13H,3,11H2,1-2H3,(H,21,26)/t13-/m0/s1. The molecule has 1 aromatic carbocycles. The number of benzene rings is 1. The Hall–Kier alpha value is -3.42. The summed E-state index contributed by atoms with van der Waals surface area (Å²) >= 11 is 0. The number of hydrogen-bond acceptors (Lipinski definition) is 5. The summed E-state index contributed by atoms with van der Waals surface area (Å²) in [7, 11) is 1.67. The van der Waals surface area contributed by atoms with Gasteiger partial charge in [0.2, 0.25) is 5.78 Å². The minimum absolute atomic E-state index is 0.00880. The van der Waals surface area contributed by atoms with Crippen molar-refractivity contribution in [2.75, 3.05) is 18.6 Å². The molecule has 2 aromatic heterocycles. The van der Waals surface area contributed by atoms with Gasteiger partial charge in [-0.15, -0.1) is 0 Å². The van der Waals surface area contributed by atoms with E-state index in [-0.39, 0.29) is 24.5 Å². The molecule has 0 fully saturated rings. The van der Waals surface area contributed by atoms with Gasteiger partial charge in [-0.3, -0.25) is 14.0 Å². The van der Waals surface area contributed by atoms with Crippen molar-refractivity contribution in [1.82, 2.24) is 19.7 Å². The molecule has 1 aliphatic rings. The van der Waals surface area contributed by atoms with Gasteiger partial charge in [0.1, 0.15) is 5.75 Å². The van der Waals surface area contributed by atoms with Crippen LogP contribution in [0.2, 0.25) is 0 Å². The van der Waals surface area contributed by atoms with Gasteiger partial charge in [0.25, 0.3) is 11.8 Å². The smallest absolute Gasteiger partial charge is 0.264 e. The summed E-state index contributed by atoms with van der Waals surface area (Å²) in [5, 5.41) is 3.01. The predicted molar refractivity (Wildman–Crippen MR) is 98.8 cm³/mol. The molecule has 138 valence electrons. The highest BCUT2D eigenvalue weighted by Crippen LogP contribution is 2.32. The second kappa shape index (κ2) is 6.71. The summed E-state index contributed by atoms with van der Waals surface area (Å²) in [5.41, 5.74) is 1.79. The molecule has 0 spiro atoms. The van der Waals surface area contributed by atoms with Gasteiger partial charge in [-0.05, 0) is 30.7 Å². The Morgan fingerprint density at radius 2 is 2.26 bits per heavy atom. The largest absolute Gasteiger partial charge is 0.482 e. The Bertz CT molecular complexity index is 996. The molecule has 1 N–H and O–H groups in total. The van der Waals surface area contributed by atoms with Crippen LogP contribution in [0, 0.1) is 0 Å². The lowest BCUT2D eigenvalue weighted by Gasteiger charge is -2.26. The molecule has 0 radical (unpaired) electrons.